The number of carbonyl (C=O) groups is 1. The Kier molecular flexibility index (Phi) is 5.92. The summed E-state index contributed by atoms with van der Waals surface area (Å²) < 4.78 is 0. The molecular weight excluding hydrogens is 216 g/mol. The molecule has 0 aromatic heterocycles. The molecule has 0 saturated heterocycles. The van der Waals surface area contributed by atoms with E-state index in [2.05, 4.69) is 24.3 Å². The van der Waals surface area contributed by atoms with E-state index in [9.17, 15) is 4.79 Å². The van der Waals surface area contributed by atoms with Crippen LogP contribution < -0.4 is 5.32 Å². The number of unbranched alkanes of at least 4 members (excludes halogenated alkanes) is 1. The van der Waals surface area contributed by atoms with Crippen LogP contribution in [0, 0.1) is 0 Å². The fraction of sp³-hybridized carbons (Fsp3) is 0.923. The minimum absolute atomic E-state index is 0.292. The summed E-state index contributed by atoms with van der Waals surface area (Å²) in [6, 6.07) is 0. The molecule has 1 aliphatic rings. The number of carboxylic acid groups (broad SMARTS) is 1. The van der Waals surface area contributed by atoms with Gasteiger partial charge in [-0.25, -0.2) is 0 Å². The van der Waals surface area contributed by atoms with Crippen molar-refractivity contribution in [3.63, 3.8) is 0 Å². The third-order valence-electron chi connectivity index (χ3n) is 3.93. The molecule has 0 aromatic rings. The van der Waals surface area contributed by atoms with Gasteiger partial charge in [-0.3, -0.25) is 4.79 Å². The highest BCUT2D eigenvalue weighted by atomic mass is 16.4. The largest absolute Gasteiger partial charge is 0.481 e. The van der Waals surface area contributed by atoms with Gasteiger partial charge in [0.25, 0.3) is 0 Å². The number of rotatable bonds is 8. The lowest BCUT2D eigenvalue weighted by molar-refractivity contribution is -0.137. The number of nitrogens with one attached hydrogen (secondary N) is 1. The van der Waals surface area contributed by atoms with Gasteiger partial charge >= 0.3 is 5.97 Å². The van der Waals surface area contributed by atoms with Crippen LogP contribution >= 0.6 is 0 Å². The van der Waals surface area contributed by atoms with Gasteiger partial charge in [0.15, 0.2) is 0 Å². The van der Waals surface area contributed by atoms with Crippen LogP contribution in [-0.4, -0.2) is 48.7 Å². The van der Waals surface area contributed by atoms with E-state index in [-0.39, 0.29) is 0 Å². The zero-order valence-electron chi connectivity index (χ0n) is 11.2. The third-order valence-corrected chi connectivity index (χ3v) is 3.93. The van der Waals surface area contributed by atoms with Gasteiger partial charge in [-0.05, 0) is 46.3 Å². The van der Waals surface area contributed by atoms with Gasteiger partial charge in [0.05, 0.1) is 0 Å². The van der Waals surface area contributed by atoms with E-state index in [0.29, 0.717) is 12.0 Å². The van der Waals surface area contributed by atoms with Crippen molar-refractivity contribution in [2.75, 3.05) is 27.2 Å². The molecule has 17 heavy (non-hydrogen) atoms. The Hall–Kier alpha value is -0.610. The minimum atomic E-state index is -0.689. The van der Waals surface area contributed by atoms with Crippen LogP contribution in [0.2, 0.25) is 0 Å². The summed E-state index contributed by atoms with van der Waals surface area (Å²) >= 11 is 0. The fourth-order valence-electron chi connectivity index (χ4n) is 2.66. The average molecular weight is 242 g/mol. The zero-order valence-corrected chi connectivity index (χ0v) is 11.2. The zero-order chi connectivity index (χ0) is 12.7. The van der Waals surface area contributed by atoms with E-state index in [1.165, 1.54) is 25.7 Å². The maximum absolute atomic E-state index is 10.4. The molecule has 0 unspecified atom stereocenters. The molecule has 0 aromatic carbocycles. The van der Waals surface area contributed by atoms with Crippen molar-refractivity contribution in [2.24, 2.45) is 0 Å². The second-order valence-corrected chi connectivity index (χ2v) is 5.35. The summed E-state index contributed by atoms with van der Waals surface area (Å²) in [5.74, 6) is -0.689. The highest BCUT2D eigenvalue weighted by molar-refractivity contribution is 5.66. The first kappa shape index (κ1) is 14.5. The predicted molar refractivity (Wildman–Crippen MR) is 69.2 cm³/mol. The lowest BCUT2D eigenvalue weighted by Gasteiger charge is -2.36. The Morgan fingerprint density at radius 3 is 2.47 bits per heavy atom. The van der Waals surface area contributed by atoms with Gasteiger partial charge in [-0.15, -0.1) is 0 Å². The van der Waals surface area contributed by atoms with E-state index in [4.69, 9.17) is 5.11 Å². The average Bonchev–Trinajstić information content (AvgIpc) is 2.72. The van der Waals surface area contributed by atoms with Gasteiger partial charge in [0.2, 0.25) is 0 Å². The van der Waals surface area contributed by atoms with E-state index >= 15 is 0 Å². The summed E-state index contributed by atoms with van der Waals surface area (Å²) in [7, 11) is 4.33. The number of aliphatic carboxylic acids is 1. The molecule has 0 heterocycles. The molecule has 0 aliphatic heterocycles. The van der Waals surface area contributed by atoms with Crippen molar-refractivity contribution < 1.29 is 9.90 Å². The molecule has 0 radical (unpaired) electrons. The van der Waals surface area contributed by atoms with Gasteiger partial charge in [-0.1, -0.05) is 12.8 Å². The molecular formula is C13H26N2O2. The van der Waals surface area contributed by atoms with Gasteiger partial charge in [0.1, 0.15) is 0 Å². The molecule has 1 fully saturated rings. The maximum atomic E-state index is 10.4. The molecule has 0 amide bonds. The summed E-state index contributed by atoms with van der Waals surface area (Å²) in [5.41, 5.74) is 0.340. The van der Waals surface area contributed by atoms with E-state index < -0.39 is 5.97 Å². The lowest BCUT2D eigenvalue weighted by Crippen LogP contribution is -2.49. The first-order chi connectivity index (χ1) is 8.07. The van der Waals surface area contributed by atoms with Crippen LogP contribution in [0.25, 0.3) is 0 Å². The van der Waals surface area contributed by atoms with Crippen LogP contribution in [0.4, 0.5) is 0 Å². The van der Waals surface area contributed by atoms with Crippen molar-refractivity contribution in [1.29, 1.82) is 0 Å². The number of likely N-dealkylation sites (N-methyl/N-ethyl adjacent to an activating group) is 1. The SMILES string of the molecule is CN(C)C1(CNCCCCC(=O)O)CCCC1. The number of hydrogen-bond acceptors (Lipinski definition) is 3. The monoisotopic (exact) mass is 242 g/mol. The molecule has 100 valence electrons. The standard InChI is InChI=1S/C13H26N2O2/c1-15(2)13(8-4-5-9-13)11-14-10-6-3-7-12(16)17/h14H,3-11H2,1-2H3,(H,16,17). The molecule has 0 spiro atoms. The second-order valence-electron chi connectivity index (χ2n) is 5.35. The molecule has 1 aliphatic carbocycles. The first-order valence-electron chi connectivity index (χ1n) is 6.67. The van der Waals surface area contributed by atoms with Crippen molar-refractivity contribution in [3.05, 3.63) is 0 Å². The normalized spacial score (nSPS) is 18.8. The third kappa shape index (κ3) is 4.64. The molecule has 4 nitrogen and oxygen atoms in total. The Labute approximate surface area is 104 Å². The predicted octanol–water partition coefficient (Wildman–Crippen LogP) is 1.71. The highest BCUT2D eigenvalue weighted by Crippen LogP contribution is 2.32. The Morgan fingerprint density at radius 2 is 1.94 bits per heavy atom. The smallest absolute Gasteiger partial charge is 0.303 e. The van der Waals surface area contributed by atoms with Crippen molar-refractivity contribution in [1.82, 2.24) is 10.2 Å². The molecule has 2 N–H and O–H groups in total. The van der Waals surface area contributed by atoms with Gasteiger partial charge in [-0.2, -0.15) is 0 Å². The maximum Gasteiger partial charge on any atom is 0.303 e. The molecule has 4 heteroatoms. The Balaban J connectivity index is 2.14. The number of hydrogen-bond donors (Lipinski definition) is 2. The number of nitrogens with zero attached hydrogens (tertiary/aromatic N) is 1. The fourth-order valence-corrected chi connectivity index (χ4v) is 2.66. The van der Waals surface area contributed by atoms with Crippen LogP contribution in [0.5, 0.6) is 0 Å². The summed E-state index contributed by atoms with van der Waals surface area (Å²) in [4.78, 5) is 12.7. The molecule has 1 rings (SSSR count). The quantitative estimate of drug-likeness (QED) is 0.636. The van der Waals surface area contributed by atoms with Crippen LogP contribution in [0.1, 0.15) is 44.9 Å². The molecule has 0 atom stereocenters. The van der Waals surface area contributed by atoms with Gasteiger partial charge < -0.3 is 15.3 Å². The highest BCUT2D eigenvalue weighted by Gasteiger charge is 2.35. The Morgan fingerprint density at radius 1 is 1.29 bits per heavy atom. The van der Waals surface area contributed by atoms with Crippen molar-refractivity contribution >= 4 is 5.97 Å². The minimum Gasteiger partial charge on any atom is -0.481 e. The van der Waals surface area contributed by atoms with Crippen LogP contribution in [-0.2, 0) is 4.79 Å². The van der Waals surface area contributed by atoms with E-state index in [1.807, 2.05) is 0 Å². The summed E-state index contributed by atoms with van der Waals surface area (Å²) in [5, 5.41) is 12.0. The lowest BCUT2D eigenvalue weighted by atomic mass is 9.96. The molecule has 1 saturated carbocycles. The Bertz CT molecular complexity index is 236. The van der Waals surface area contributed by atoms with Crippen LogP contribution in [0.3, 0.4) is 0 Å². The second kappa shape index (κ2) is 6.97. The van der Waals surface area contributed by atoms with Crippen LogP contribution in [0.15, 0.2) is 0 Å². The topological polar surface area (TPSA) is 52.6 Å². The first-order valence-corrected chi connectivity index (χ1v) is 6.67. The number of carboxylic acids is 1. The van der Waals surface area contributed by atoms with Gasteiger partial charge in [0, 0.05) is 18.5 Å². The van der Waals surface area contributed by atoms with E-state index in [1.54, 1.807) is 0 Å². The summed E-state index contributed by atoms with van der Waals surface area (Å²) in [6.07, 6.45) is 7.25. The molecule has 0 bridgehead atoms. The van der Waals surface area contributed by atoms with Crippen molar-refractivity contribution in [2.45, 2.75) is 50.5 Å². The summed E-state index contributed by atoms with van der Waals surface area (Å²) in [6.45, 7) is 1.97. The van der Waals surface area contributed by atoms with Crippen molar-refractivity contribution in [3.8, 4) is 0 Å². The van der Waals surface area contributed by atoms with E-state index in [0.717, 1.165) is 25.9 Å².